The van der Waals surface area contributed by atoms with Crippen molar-refractivity contribution in [2.24, 2.45) is 0 Å². The largest absolute Gasteiger partial charge is 0.383 e. The molecule has 2 aromatic rings. The topological polar surface area (TPSA) is 46.0 Å². The fourth-order valence-electron chi connectivity index (χ4n) is 1.36. The standard InChI is InChI=1S/C11H8ClFN2O/c12-10-2-1-8(13)3-9(10)11(16)7-4-14-6-15-5-7/h1-6,11,16H. The maximum atomic E-state index is 13.0. The summed E-state index contributed by atoms with van der Waals surface area (Å²) in [6.07, 6.45) is 3.24. The van der Waals surface area contributed by atoms with Crippen LogP contribution in [0.2, 0.25) is 5.02 Å². The van der Waals surface area contributed by atoms with Crippen LogP contribution < -0.4 is 0 Å². The lowest BCUT2D eigenvalue weighted by molar-refractivity contribution is 0.219. The first-order valence-corrected chi connectivity index (χ1v) is 4.94. The van der Waals surface area contributed by atoms with Crippen molar-refractivity contribution in [1.29, 1.82) is 0 Å². The average Bonchev–Trinajstić information content (AvgIpc) is 2.32. The molecule has 82 valence electrons. The van der Waals surface area contributed by atoms with E-state index in [0.717, 1.165) is 0 Å². The van der Waals surface area contributed by atoms with Crippen LogP contribution >= 0.6 is 11.6 Å². The van der Waals surface area contributed by atoms with Crippen LogP contribution in [0.15, 0.2) is 36.9 Å². The van der Waals surface area contributed by atoms with E-state index in [2.05, 4.69) is 9.97 Å². The Morgan fingerprint density at radius 2 is 1.94 bits per heavy atom. The Balaban J connectivity index is 2.41. The van der Waals surface area contributed by atoms with Crippen molar-refractivity contribution < 1.29 is 9.50 Å². The summed E-state index contributed by atoms with van der Waals surface area (Å²) in [5.41, 5.74) is 0.770. The Morgan fingerprint density at radius 3 is 2.62 bits per heavy atom. The third kappa shape index (κ3) is 2.18. The molecule has 0 radical (unpaired) electrons. The first kappa shape index (κ1) is 11.0. The first-order chi connectivity index (χ1) is 7.68. The molecule has 16 heavy (non-hydrogen) atoms. The maximum Gasteiger partial charge on any atom is 0.123 e. The van der Waals surface area contributed by atoms with E-state index < -0.39 is 11.9 Å². The van der Waals surface area contributed by atoms with Crippen molar-refractivity contribution >= 4 is 11.6 Å². The van der Waals surface area contributed by atoms with E-state index in [1.165, 1.54) is 36.9 Å². The summed E-state index contributed by atoms with van der Waals surface area (Å²) in [5, 5.41) is 10.3. The number of hydrogen-bond donors (Lipinski definition) is 1. The molecule has 0 aliphatic heterocycles. The van der Waals surface area contributed by atoms with Crippen LogP contribution in [0.3, 0.4) is 0 Å². The molecule has 0 saturated heterocycles. The van der Waals surface area contributed by atoms with Gasteiger partial charge in [0.25, 0.3) is 0 Å². The number of aliphatic hydroxyl groups is 1. The van der Waals surface area contributed by atoms with Crippen LogP contribution in [0, 0.1) is 5.82 Å². The van der Waals surface area contributed by atoms with Crippen molar-refractivity contribution in [2.45, 2.75) is 6.10 Å². The number of rotatable bonds is 2. The van der Waals surface area contributed by atoms with Gasteiger partial charge in [0.1, 0.15) is 18.2 Å². The van der Waals surface area contributed by atoms with Crippen molar-refractivity contribution in [3.8, 4) is 0 Å². The van der Waals surface area contributed by atoms with Gasteiger partial charge in [0, 0.05) is 28.5 Å². The van der Waals surface area contributed by atoms with E-state index in [4.69, 9.17) is 11.6 Å². The molecule has 0 amide bonds. The minimum Gasteiger partial charge on any atom is -0.383 e. The number of halogens is 2. The Morgan fingerprint density at radius 1 is 1.25 bits per heavy atom. The Kier molecular flexibility index (Phi) is 3.12. The number of nitrogens with zero attached hydrogens (tertiary/aromatic N) is 2. The van der Waals surface area contributed by atoms with Crippen molar-refractivity contribution in [3.63, 3.8) is 0 Å². The third-order valence-corrected chi connectivity index (χ3v) is 2.49. The van der Waals surface area contributed by atoms with Crippen molar-refractivity contribution in [1.82, 2.24) is 9.97 Å². The third-order valence-electron chi connectivity index (χ3n) is 2.15. The summed E-state index contributed by atoms with van der Waals surface area (Å²) < 4.78 is 13.0. The number of aliphatic hydroxyl groups excluding tert-OH is 1. The number of benzene rings is 1. The van der Waals surface area contributed by atoms with Crippen LogP contribution in [0.25, 0.3) is 0 Å². The fraction of sp³-hybridized carbons (Fsp3) is 0.0909. The summed E-state index contributed by atoms with van der Waals surface area (Å²) in [5.74, 6) is -0.449. The van der Waals surface area contributed by atoms with E-state index in [9.17, 15) is 9.50 Å². The first-order valence-electron chi connectivity index (χ1n) is 4.56. The zero-order valence-corrected chi connectivity index (χ0v) is 8.89. The second-order valence-corrected chi connectivity index (χ2v) is 3.65. The average molecular weight is 239 g/mol. The monoisotopic (exact) mass is 238 g/mol. The van der Waals surface area contributed by atoms with E-state index in [1.807, 2.05) is 0 Å². The van der Waals surface area contributed by atoms with Crippen LogP contribution in [0.5, 0.6) is 0 Å². The fourth-order valence-corrected chi connectivity index (χ4v) is 1.58. The molecule has 5 heteroatoms. The molecule has 0 aliphatic carbocycles. The van der Waals surface area contributed by atoms with Crippen molar-refractivity contribution in [3.05, 3.63) is 58.9 Å². The number of aromatic nitrogens is 2. The van der Waals surface area contributed by atoms with E-state index in [1.54, 1.807) is 0 Å². The van der Waals surface area contributed by atoms with E-state index in [0.29, 0.717) is 16.1 Å². The maximum absolute atomic E-state index is 13.0. The van der Waals surface area contributed by atoms with E-state index >= 15 is 0 Å². The van der Waals surface area contributed by atoms with Gasteiger partial charge in [-0.3, -0.25) is 0 Å². The summed E-state index contributed by atoms with van der Waals surface area (Å²) in [4.78, 5) is 7.55. The molecule has 3 nitrogen and oxygen atoms in total. The molecular weight excluding hydrogens is 231 g/mol. The quantitative estimate of drug-likeness (QED) is 0.874. The minimum absolute atomic E-state index is 0.302. The Labute approximate surface area is 96.6 Å². The predicted molar refractivity (Wildman–Crippen MR) is 57.5 cm³/mol. The highest BCUT2D eigenvalue weighted by Gasteiger charge is 2.15. The Bertz CT molecular complexity index is 493. The molecule has 0 aliphatic rings. The summed E-state index contributed by atoms with van der Waals surface area (Å²) >= 11 is 5.87. The van der Waals surface area contributed by atoms with Gasteiger partial charge in [-0.05, 0) is 18.2 Å². The van der Waals surface area contributed by atoms with Gasteiger partial charge in [0.05, 0.1) is 0 Å². The lowest BCUT2D eigenvalue weighted by atomic mass is 10.0. The van der Waals surface area contributed by atoms with Gasteiger partial charge in [0.2, 0.25) is 0 Å². The molecule has 0 bridgehead atoms. The molecule has 0 spiro atoms. The van der Waals surface area contributed by atoms with Gasteiger partial charge in [-0.1, -0.05) is 11.6 Å². The molecule has 1 aromatic heterocycles. The van der Waals surface area contributed by atoms with Crippen LogP contribution in [0.1, 0.15) is 17.2 Å². The number of hydrogen-bond acceptors (Lipinski definition) is 3. The van der Waals surface area contributed by atoms with Gasteiger partial charge in [0.15, 0.2) is 0 Å². The highest BCUT2D eigenvalue weighted by atomic mass is 35.5. The summed E-state index contributed by atoms with van der Waals surface area (Å²) in [6.45, 7) is 0. The lowest BCUT2D eigenvalue weighted by Crippen LogP contribution is -2.02. The van der Waals surface area contributed by atoms with Crippen molar-refractivity contribution in [2.75, 3.05) is 0 Å². The molecule has 1 unspecified atom stereocenters. The summed E-state index contributed by atoms with van der Waals surface area (Å²) in [7, 11) is 0. The molecule has 1 heterocycles. The van der Waals surface area contributed by atoms with E-state index in [-0.39, 0.29) is 0 Å². The second-order valence-electron chi connectivity index (χ2n) is 3.24. The zero-order chi connectivity index (χ0) is 11.5. The molecule has 0 fully saturated rings. The SMILES string of the molecule is OC(c1cncnc1)c1cc(F)ccc1Cl. The van der Waals surface area contributed by atoms with Crippen LogP contribution in [0.4, 0.5) is 4.39 Å². The molecule has 1 atom stereocenters. The van der Waals surface area contributed by atoms with Crippen LogP contribution in [-0.4, -0.2) is 15.1 Å². The molecule has 2 rings (SSSR count). The Hall–Kier alpha value is -1.52. The smallest absolute Gasteiger partial charge is 0.123 e. The molecule has 0 saturated carbocycles. The van der Waals surface area contributed by atoms with Crippen LogP contribution in [-0.2, 0) is 0 Å². The van der Waals surface area contributed by atoms with Gasteiger partial charge in [-0.25, -0.2) is 14.4 Å². The minimum atomic E-state index is -1.02. The van der Waals surface area contributed by atoms with Gasteiger partial charge in [-0.15, -0.1) is 0 Å². The highest BCUT2D eigenvalue weighted by molar-refractivity contribution is 6.31. The highest BCUT2D eigenvalue weighted by Crippen LogP contribution is 2.27. The molecule has 1 aromatic carbocycles. The van der Waals surface area contributed by atoms with Gasteiger partial charge in [-0.2, -0.15) is 0 Å². The van der Waals surface area contributed by atoms with Gasteiger partial charge < -0.3 is 5.11 Å². The predicted octanol–water partition coefficient (Wildman–Crippen LogP) is 2.35. The lowest BCUT2D eigenvalue weighted by Gasteiger charge is -2.12. The van der Waals surface area contributed by atoms with Gasteiger partial charge >= 0.3 is 0 Å². The normalized spacial score (nSPS) is 12.4. The molecule has 1 N–H and O–H groups in total. The second kappa shape index (κ2) is 4.55. The zero-order valence-electron chi connectivity index (χ0n) is 8.14. The summed E-state index contributed by atoms with van der Waals surface area (Å²) in [6, 6.07) is 3.83. The molecular formula is C11H8ClFN2O.